The average molecular weight is 303 g/mol. The molecule has 2 aromatic heterocycles. The predicted molar refractivity (Wildman–Crippen MR) is 83.8 cm³/mol. The van der Waals surface area contributed by atoms with Gasteiger partial charge in [0.25, 0.3) is 5.56 Å². The van der Waals surface area contributed by atoms with E-state index in [1.807, 2.05) is 18.2 Å². The van der Waals surface area contributed by atoms with Crippen LogP contribution in [0.4, 0.5) is 0 Å². The van der Waals surface area contributed by atoms with Crippen molar-refractivity contribution >= 4 is 28.2 Å². The van der Waals surface area contributed by atoms with Crippen molar-refractivity contribution in [3.05, 3.63) is 45.8 Å². The lowest BCUT2D eigenvalue weighted by Crippen LogP contribution is -2.45. The number of halogens is 1. The molecule has 1 aliphatic rings. The van der Waals surface area contributed by atoms with E-state index in [4.69, 9.17) is 11.6 Å². The first-order chi connectivity index (χ1) is 10.3. The third kappa shape index (κ3) is 1.92. The largest absolute Gasteiger partial charge is 0.308 e. The van der Waals surface area contributed by atoms with Gasteiger partial charge >= 0.3 is 0 Å². The zero-order valence-electron chi connectivity index (χ0n) is 11.5. The summed E-state index contributed by atoms with van der Waals surface area (Å²) in [7, 11) is 0. The first-order valence-corrected chi connectivity index (χ1v) is 7.57. The monoisotopic (exact) mass is 302 g/mol. The van der Waals surface area contributed by atoms with Crippen LogP contribution in [-0.2, 0) is 0 Å². The Morgan fingerprint density at radius 3 is 2.71 bits per heavy atom. The standard InChI is InChI=1S/C15H15ClN4O/c16-11-5-4-6-12-14(11)15-19(17-12)10-7-13(21)20(15)18-8-2-1-3-9-18/h4-7,10H,1-3,8-9H2. The van der Waals surface area contributed by atoms with Crippen molar-refractivity contribution in [2.75, 3.05) is 18.1 Å². The normalized spacial score (nSPS) is 16.0. The van der Waals surface area contributed by atoms with Crippen LogP contribution in [0.15, 0.2) is 35.3 Å². The topological polar surface area (TPSA) is 42.5 Å². The SMILES string of the molecule is O=c1ccn2nc3cccc(Cl)c3c2n1N1CCCCC1. The molecule has 0 atom stereocenters. The van der Waals surface area contributed by atoms with Crippen LogP contribution in [0.3, 0.4) is 0 Å². The van der Waals surface area contributed by atoms with Crippen molar-refractivity contribution in [1.29, 1.82) is 0 Å². The van der Waals surface area contributed by atoms with Gasteiger partial charge in [-0.15, -0.1) is 0 Å². The first-order valence-electron chi connectivity index (χ1n) is 7.19. The number of fused-ring (bicyclic) bond motifs is 3. The zero-order chi connectivity index (χ0) is 14.4. The summed E-state index contributed by atoms with van der Waals surface area (Å²) in [5, 5.41) is 8.08. The van der Waals surface area contributed by atoms with E-state index in [0.717, 1.165) is 42.5 Å². The minimum absolute atomic E-state index is 0.0360. The maximum absolute atomic E-state index is 12.4. The van der Waals surface area contributed by atoms with Gasteiger partial charge in [-0.2, -0.15) is 5.10 Å². The lowest BCUT2D eigenvalue weighted by molar-refractivity contribution is 0.474. The van der Waals surface area contributed by atoms with Crippen LogP contribution in [0.2, 0.25) is 5.02 Å². The third-order valence-electron chi connectivity index (χ3n) is 4.03. The molecular formula is C15H15ClN4O. The van der Waals surface area contributed by atoms with E-state index in [0.29, 0.717) is 5.02 Å². The van der Waals surface area contributed by atoms with E-state index in [-0.39, 0.29) is 5.56 Å². The van der Waals surface area contributed by atoms with E-state index in [1.54, 1.807) is 21.5 Å². The van der Waals surface area contributed by atoms with Crippen LogP contribution >= 0.6 is 11.6 Å². The summed E-state index contributed by atoms with van der Waals surface area (Å²) in [6.45, 7) is 1.77. The Hall–Kier alpha value is -2.01. The van der Waals surface area contributed by atoms with Gasteiger partial charge in [0.15, 0.2) is 5.65 Å². The molecule has 3 aromatic rings. The highest BCUT2D eigenvalue weighted by Crippen LogP contribution is 2.27. The Morgan fingerprint density at radius 1 is 1.10 bits per heavy atom. The van der Waals surface area contributed by atoms with E-state index < -0.39 is 0 Å². The maximum Gasteiger partial charge on any atom is 0.272 e. The fourth-order valence-electron chi connectivity index (χ4n) is 3.06. The van der Waals surface area contributed by atoms with Crippen LogP contribution in [0.1, 0.15) is 19.3 Å². The molecule has 0 unspecified atom stereocenters. The van der Waals surface area contributed by atoms with E-state index in [9.17, 15) is 4.79 Å². The summed E-state index contributed by atoms with van der Waals surface area (Å²) >= 11 is 6.35. The average Bonchev–Trinajstić information content (AvgIpc) is 2.88. The summed E-state index contributed by atoms with van der Waals surface area (Å²) in [4.78, 5) is 12.4. The van der Waals surface area contributed by atoms with Gasteiger partial charge in [0, 0.05) is 25.4 Å². The molecule has 1 saturated heterocycles. The molecule has 1 fully saturated rings. The van der Waals surface area contributed by atoms with Gasteiger partial charge in [-0.3, -0.25) is 4.79 Å². The van der Waals surface area contributed by atoms with E-state index >= 15 is 0 Å². The second-order valence-corrected chi connectivity index (χ2v) is 5.79. The highest BCUT2D eigenvalue weighted by Gasteiger charge is 2.18. The molecule has 0 saturated carbocycles. The van der Waals surface area contributed by atoms with Crippen molar-refractivity contribution in [3.8, 4) is 0 Å². The summed E-state index contributed by atoms with van der Waals surface area (Å²) in [6.07, 6.45) is 5.13. The predicted octanol–water partition coefficient (Wildman–Crippen LogP) is 2.42. The quantitative estimate of drug-likeness (QED) is 0.693. The number of rotatable bonds is 1. The van der Waals surface area contributed by atoms with Gasteiger partial charge < -0.3 is 5.01 Å². The van der Waals surface area contributed by atoms with Gasteiger partial charge in [-0.1, -0.05) is 17.7 Å². The molecule has 5 nitrogen and oxygen atoms in total. The van der Waals surface area contributed by atoms with Crippen molar-refractivity contribution in [2.24, 2.45) is 0 Å². The summed E-state index contributed by atoms with van der Waals surface area (Å²) in [6, 6.07) is 7.19. The van der Waals surface area contributed by atoms with Crippen LogP contribution in [0.25, 0.3) is 16.6 Å². The number of hydrogen-bond donors (Lipinski definition) is 0. The van der Waals surface area contributed by atoms with Crippen molar-refractivity contribution < 1.29 is 0 Å². The van der Waals surface area contributed by atoms with E-state index in [2.05, 4.69) is 10.1 Å². The molecule has 21 heavy (non-hydrogen) atoms. The molecule has 0 amide bonds. The zero-order valence-corrected chi connectivity index (χ0v) is 12.3. The molecule has 3 heterocycles. The summed E-state index contributed by atoms with van der Waals surface area (Å²) < 4.78 is 3.48. The fraction of sp³-hybridized carbons (Fsp3) is 0.333. The van der Waals surface area contributed by atoms with Crippen LogP contribution in [-0.4, -0.2) is 27.4 Å². The molecule has 0 bridgehead atoms. The lowest BCUT2D eigenvalue weighted by Gasteiger charge is -2.30. The number of piperidine rings is 1. The lowest BCUT2D eigenvalue weighted by atomic mass is 10.2. The first kappa shape index (κ1) is 12.7. The smallest absolute Gasteiger partial charge is 0.272 e. The van der Waals surface area contributed by atoms with Crippen molar-refractivity contribution in [2.45, 2.75) is 19.3 Å². The Bertz CT molecular complexity index is 876. The molecule has 0 spiro atoms. The Labute approximate surface area is 126 Å². The summed E-state index contributed by atoms with van der Waals surface area (Å²) in [5.41, 5.74) is 1.52. The highest BCUT2D eigenvalue weighted by molar-refractivity contribution is 6.36. The molecule has 6 heteroatoms. The maximum atomic E-state index is 12.4. The van der Waals surface area contributed by atoms with Gasteiger partial charge in [0.1, 0.15) is 0 Å². The molecular weight excluding hydrogens is 288 g/mol. The van der Waals surface area contributed by atoms with Crippen LogP contribution in [0.5, 0.6) is 0 Å². The molecule has 0 aliphatic carbocycles. The minimum Gasteiger partial charge on any atom is -0.308 e. The highest BCUT2D eigenvalue weighted by atomic mass is 35.5. The molecule has 0 N–H and O–H groups in total. The number of benzene rings is 1. The molecule has 108 valence electrons. The molecule has 0 radical (unpaired) electrons. The van der Waals surface area contributed by atoms with Crippen LogP contribution in [0, 0.1) is 0 Å². The fourth-order valence-corrected chi connectivity index (χ4v) is 3.32. The molecule has 4 rings (SSSR count). The Morgan fingerprint density at radius 2 is 1.90 bits per heavy atom. The van der Waals surface area contributed by atoms with Crippen LogP contribution < -0.4 is 10.6 Å². The van der Waals surface area contributed by atoms with E-state index in [1.165, 1.54) is 6.42 Å². The Balaban J connectivity index is 2.10. The third-order valence-corrected chi connectivity index (χ3v) is 4.35. The number of aromatic nitrogens is 3. The van der Waals surface area contributed by atoms with Crippen molar-refractivity contribution in [1.82, 2.24) is 14.3 Å². The summed E-state index contributed by atoms with van der Waals surface area (Å²) in [5.74, 6) is 0. The number of hydrogen-bond acceptors (Lipinski definition) is 3. The van der Waals surface area contributed by atoms with Gasteiger partial charge in [-0.25, -0.2) is 9.19 Å². The second kappa shape index (κ2) is 4.77. The Kier molecular flexibility index (Phi) is 2.89. The van der Waals surface area contributed by atoms with Gasteiger partial charge in [0.05, 0.1) is 15.9 Å². The van der Waals surface area contributed by atoms with Crippen molar-refractivity contribution in [3.63, 3.8) is 0 Å². The van der Waals surface area contributed by atoms with Gasteiger partial charge in [-0.05, 0) is 31.4 Å². The second-order valence-electron chi connectivity index (χ2n) is 5.38. The molecule has 1 aromatic carbocycles. The molecule has 1 aliphatic heterocycles. The van der Waals surface area contributed by atoms with Gasteiger partial charge in [0.2, 0.25) is 0 Å². The number of nitrogens with zero attached hydrogens (tertiary/aromatic N) is 4. The minimum atomic E-state index is -0.0360.